The third-order valence-corrected chi connectivity index (χ3v) is 5.47. The zero-order valence-electron chi connectivity index (χ0n) is 18.0. The van der Waals surface area contributed by atoms with Crippen molar-refractivity contribution in [1.29, 1.82) is 0 Å². The van der Waals surface area contributed by atoms with Crippen LogP contribution in [0.25, 0.3) is 22.4 Å². The van der Waals surface area contributed by atoms with Crippen LogP contribution >= 0.6 is 0 Å². The first kappa shape index (κ1) is 20.0. The minimum absolute atomic E-state index is 0.141. The molecule has 1 aromatic carbocycles. The van der Waals surface area contributed by atoms with Crippen molar-refractivity contribution in [2.24, 2.45) is 0 Å². The fourth-order valence-corrected chi connectivity index (χ4v) is 3.73. The molecular formula is C24H22N4O4. The van der Waals surface area contributed by atoms with Crippen molar-refractivity contribution in [1.82, 2.24) is 15.5 Å². The molecule has 3 heterocycles. The summed E-state index contributed by atoms with van der Waals surface area (Å²) in [6, 6.07) is 10.7. The van der Waals surface area contributed by atoms with E-state index in [1.54, 1.807) is 37.3 Å². The molecule has 0 saturated heterocycles. The smallest absolute Gasteiger partial charge is 0.259 e. The molecule has 1 fully saturated rings. The summed E-state index contributed by atoms with van der Waals surface area (Å²) in [5, 5.41) is 10.4. The summed E-state index contributed by atoms with van der Waals surface area (Å²) in [5.74, 6) is 0.965. The van der Waals surface area contributed by atoms with Crippen molar-refractivity contribution in [2.75, 3.05) is 5.32 Å². The van der Waals surface area contributed by atoms with Gasteiger partial charge in [-0.05, 0) is 63.9 Å². The minimum atomic E-state index is -0.345. The molecule has 0 atom stereocenters. The second kappa shape index (κ2) is 7.64. The van der Waals surface area contributed by atoms with Crippen LogP contribution in [-0.4, -0.2) is 28.0 Å². The molecule has 1 aliphatic rings. The van der Waals surface area contributed by atoms with E-state index in [1.165, 1.54) is 0 Å². The number of hydrogen-bond acceptors (Lipinski definition) is 6. The van der Waals surface area contributed by atoms with Crippen LogP contribution in [0.3, 0.4) is 0 Å². The van der Waals surface area contributed by atoms with Gasteiger partial charge in [0.1, 0.15) is 11.5 Å². The second-order valence-electron chi connectivity index (χ2n) is 8.11. The van der Waals surface area contributed by atoms with Crippen LogP contribution in [0.2, 0.25) is 0 Å². The average molecular weight is 430 g/mol. The van der Waals surface area contributed by atoms with E-state index in [4.69, 9.17) is 8.94 Å². The van der Waals surface area contributed by atoms with Gasteiger partial charge < -0.3 is 19.6 Å². The monoisotopic (exact) mass is 430 g/mol. The first-order valence-electron chi connectivity index (χ1n) is 10.5. The number of pyridine rings is 1. The Kier molecular flexibility index (Phi) is 4.77. The Balaban J connectivity index is 1.50. The lowest BCUT2D eigenvalue weighted by Gasteiger charge is -2.10. The fourth-order valence-electron chi connectivity index (χ4n) is 3.73. The van der Waals surface area contributed by atoms with Crippen LogP contribution in [0.5, 0.6) is 0 Å². The number of nitrogens with zero attached hydrogens (tertiary/aromatic N) is 2. The van der Waals surface area contributed by atoms with E-state index in [1.807, 2.05) is 19.9 Å². The summed E-state index contributed by atoms with van der Waals surface area (Å²) in [4.78, 5) is 30.2. The minimum Gasteiger partial charge on any atom is -0.466 e. The lowest BCUT2D eigenvalue weighted by Crippen LogP contribution is -2.25. The number of amides is 2. The normalized spacial score (nSPS) is 13.3. The Morgan fingerprint density at radius 1 is 1.06 bits per heavy atom. The molecular weight excluding hydrogens is 408 g/mol. The van der Waals surface area contributed by atoms with Crippen LogP contribution in [-0.2, 0) is 0 Å². The predicted molar refractivity (Wildman–Crippen MR) is 119 cm³/mol. The molecule has 0 bridgehead atoms. The zero-order valence-corrected chi connectivity index (χ0v) is 18.0. The Hall–Kier alpha value is -3.94. The van der Waals surface area contributed by atoms with E-state index >= 15 is 0 Å². The Bertz CT molecular complexity index is 1360. The van der Waals surface area contributed by atoms with Gasteiger partial charge in [-0.1, -0.05) is 11.2 Å². The quantitative estimate of drug-likeness (QED) is 0.481. The number of carbonyl (C=O) groups excluding carboxylic acids is 2. The Morgan fingerprint density at radius 2 is 1.88 bits per heavy atom. The number of furan rings is 1. The van der Waals surface area contributed by atoms with Crippen LogP contribution in [0.4, 0.5) is 5.69 Å². The van der Waals surface area contributed by atoms with Crippen LogP contribution < -0.4 is 10.6 Å². The summed E-state index contributed by atoms with van der Waals surface area (Å²) < 4.78 is 11.0. The molecule has 1 aliphatic carbocycles. The van der Waals surface area contributed by atoms with Crippen molar-refractivity contribution >= 4 is 28.6 Å². The molecule has 2 amide bonds. The molecule has 0 radical (unpaired) electrons. The van der Waals surface area contributed by atoms with Crippen molar-refractivity contribution in [3.05, 3.63) is 64.7 Å². The summed E-state index contributed by atoms with van der Waals surface area (Å²) in [5.41, 5.74) is 3.60. The molecule has 3 aromatic heterocycles. The van der Waals surface area contributed by atoms with E-state index in [2.05, 4.69) is 20.8 Å². The van der Waals surface area contributed by atoms with Gasteiger partial charge in [0.25, 0.3) is 17.5 Å². The Morgan fingerprint density at radius 3 is 2.59 bits per heavy atom. The standard InChI is InChI=1S/C24H22N4O4/c1-12-9-18(14(3)31-12)20-11-19(21-13(2)28-32-24(21)27-20)23(30)26-17-6-4-5-15(10-17)22(29)25-16-7-8-16/h4-6,9-11,16H,7-8H2,1-3H3,(H,25,29)(H,26,30). The highest BCUT2D eigenvalue weighted by atomic mass is 16.5. The number of nitrogens with one attached hydrogen (secondary N) is 2. The van der Waals surface area contributed by atoms with Gasteiger partial charge in [-0.2, -0.15) is 0 Å². The molecule has 2 N–H and O–H groups in total. The largest absolute Gasteiger partial charge is 0.466 e. The molecule has 5 rings (SSSR count). The zero-order chi connectivity index (χ0) is 22.4. The van der Waals surface area contributed by atoms with Crippen molar-refractivity contribution in [3.8, 4) is 11.3 Å². The molecule has 4 aromatic rings. The van der Waals surface area contributed by atoms with Crippen molar-refractivity contribution in [2.45, 2.75) is 39.7 Å². The number of aryl methyl sites for hydroxylation is 3. The molecule has 8 heteroatoms. The topological polar surface area (TPSA) is 110 Å². The lowest BCUT2D eigenvalue weighted by molar-refractivity contribution is 0.0949. The molecule has 8 nitrogen and oxygen atoms in total. The predicted octanol–water partition coefficient (Wildman–Crippen LogP) is 4.55. The maximum Gasteiger partial charge on any atom is 0.259 e. The number of rotatable bonds is 5. The highest BCUT2D eigenvalue weighted by Gasteiger charge is 2.24. The molecule has 0 aliphatic heterocycles. The maximum absolute atomic E-state index is 13.3. The number of benzene rings is 1. The summed E-state index contributed by atoms with van der Waals surface area (Å²) in [6.07, 6.45) is 2.02. The van der Waals surface area contributed by atoms with Gasteiger partial charge in [0, 0.05) is 22.9 Å². The van der Waals surface area contributed by atoms with Gasteiger partial charge in [0.2, 0.25) is 0 Å². The van der Waals surface area contributed by atoms with Gasteiger partial charge in [-0.3, -0.25) is 9.59 Å². The first-order valence-corrected chi connectivity index (χ1v) is 10.5. The van der Waals surface area contributed by atoms with E-state index in [0.29, 0.717) is 39.3 Å². The number of aromatic nitrogens is 2. The van der Waals surface area contributed by atoms with Gasteiger partial charge in [0.15, 0.2) is 0 Å². The summed E-state index contributed by atoms with van der Waals surface area (Å²) >= 11 is 0. The molecule has 32 heavy (non-hydrogen) atoms. The van der Waals surface area contributed by atoms with Crippen molar-refractivity contribution in [3.63, 3.8) is 0 Å². The highest BCUT2D eigenvalue weighted by Crippen LogP contribution is 2.31. The van der Waals surface area contributed by atoms with Gasteiger partial charge in [-0.25, -0.2) is 4.98 Å². The SMILES string of the molecule is Cc1cc(-c2cc(C(=O)Nc3cccc(C(=O)NC4CC4)c3)c3c(C)noc3n2)c(C)o1. The van der Waals surface area contributed by atoms with Gasteiger partial charge >= 0.3 is 0 Å². The molecule has 162 valence electrons. The first-order chi connectivity index (χ1) is 15.4. The molecule has 0 spiro atoms. The number of anilines is 1. The van der Waals surface area contributed by atoms with E-state index < -0.39 is 0 Å². The molecule has 1 saturated carbocycles. The van der Waals surface area contributed by atoms with Crippen LogP contribution in [0, 0.1) is 20.8 Å². The van der Waals surface area contributed by atoms with E-state index in [0.717, 1.165) is 24.2 Å². The lowest BCUT2D eigenvalue weighted by atomic mass is 10.0. The average Bonchev–Trinajstić information content (AvgIpc) is 3.41. The fraction of sp³-hybridized carbons (Fsp3) is 0.250. The van der Waals surface area contributed by atoms with Gasteiger partial charge in [0.05, 0.1) is 22.3 Å². The molecule has 0 unspecified atom stereocenters. The number of carbonyl (C=O) groups is 2. The second-order valence-corrected chi connectivity index (χ2v) is 8.11. The van der Waals surface area contributed by atoms with E-state index in [-0.39, 0.29) is 23.6 Å². The number of hydrogen-bond donors (Lipinski definition) is 2. The third kappa shape index (κ3) is 3.75. The van der Waals surface area contributed by atoms with E-state index in [9.17, 15) is 9.59 Å². The maximum atomic E-state index is 13.3. The van der Waals surface area contributed by atoms with Crippen molar-refractivity contribution < 1.29 is 18.5 Å². The number of fused-ring (bicyclic) bond motifs is 1. The van der Waals surface area contributed by atoms with Crippen LogP contribution in [0.15, 0.2) is 45.3 Å². The highest BCUT2D eigenvalue weighted by molar-refractivity contribution is 6.13. The Labute approximate surface area is 184 Å². The van der Waals surface area contributed by atoms with Crippen LogP contribution in [0.1, 0.15) is 50.8 Å². The van der Waals surface area contributed by atoms with Gasteiger partial charge in [-0.15, -0.1) is 0 Å². The third-order valence-electron chi connectivity index (χ3n) is 5.47. The summed E-state index contributed by atoms with van der Waals surface area (Å²) in [6.45, 7) is 5.46. The summed E-state index contributed by atoms with van der Waals surface area (Å²) in [7, 11) is 0.